The van der Waals surface area contributed by atoms with Gasteiger partial charge in [-0.2, -0.15) is 5.26 Å². The molecule has 2 atom stereocenters. The van der Waals surface area contributed by atoms with Gasteiger partial charge < -0.3 is 10.0 Å². The molecule has 0 aliphatic heterocycles. The third-order valence-electron chi connectivity index (χ3n) is 2.67. The Morgan fingerprint density at radius 1 is 1.53 bits per heavy atom. The highest BCUT2D eigenvalue weighted by atomic mass is 16.3. The van der Waals surface area contributed by atoms with Crippen LogP contribution < -0.4 is 4.90 Å². The number of anilines is 1. The number of hydrogen-bond donors (Lipinski definition) is 1. The van der Waals surface area contributed by atoms with E-state index in [4.69, 9.17) is 5.26 Å². The van der Waals surface area contributed by atoms with Crippen molar-refractivity contribution >= 4 is 5.82 Å². The van der Waals surface area contributed by atoms with Crippen LogP contribution in [0.4, 0.5) is 5.82 Å². The number of nitriles is 1. The van der Waals surface area contributed by atoms with Gasteiger partial charge in [0.05, 0.1) is 18.1 Å². The van der Waals surface area contributed by atoms with Gasteiger partial charge in [0.15, 0.2) is 0 Å². The molecule has 0 fully saturated rings. The lowest BCUT2D eigenvalue weighted by molar-refractivity contribution is 0.199. The van der Waals surface area contributed by atoms with E-state index in [1.54, 1.807) is 19.2 Å². The summed E-state index contributed by atoms with van der Waals surface area (Å²) in [5, 5.41) is 18.4. The fourth-order valence-electron chi connectivity index (χ4n) is 1.62. The van der Waals surface area contributed by atoms with Crippen LogP contribution in [0.5, 0.6) is 0 Å². The largest absolute Gasteiger partial charge is 0.389 e. The molecule has 4 nitrogen and oxygen atoms in total. The number of aliphatic hydroxyl groups excluding tert-OH is 1. The van der Waals surface area contributed by atoms with Crippen molar-refractivity contribution in [2.75, 3.05) is 18.0 Å². The van der Waals surface area contributed by atoms with E-state index in [1.807, 2.05) is 24.8 Å². The van der Waals surface area contributed by atoms with Gasteiger partial charge in [0.25, 0.3) is 0 Å². The van der Waals surface area contributed by atoms with Crippen LogP contribution in [-0.2, 0) is 0 Å². The van der Waals surface area contributed by atoms with Crippen LogP contribution in [0.1, 0.15) is 32.4 Å². The van der Waals surface area contributed by atoms with Crippen LogP contribution in [-0.4, -0.2) is 23.2 Å². The van der Waals surface area contributed by atoms with Gasteiger partial charge >= 0.3 is 0 Å². The molecule has 0 aliphatic carbocycles. The normalized spacial score (nSPS) is 13.8. The first-order valence-corrected chi connectivity index (χ1v) is 5.87. The SMILES string of the molecule is CCN(CC(C)C#N)c1cc(C(C)O)ccn1. The molecule has 1 rings (SSSR count). The number of aliphatic hydroxyl groups is 1. The van der Waals surface area contributed by atoms with Gasteiger partial charge in [0.1, 0.15) is 5.82 Å². The van der Waals surface area contributed by atoms with Crippen LogP contribution >= 0.6 is 0 Å². The topological polar surface area (TPSA) is 60.2 Å². The van der Waals surface area contributed by atoms with Gasteiger partial charge in [-0.15, -0.1) is 0 Å². The average Bonchev–Trinajstić information content (AvgIpc) is 2.35. The maximum atomic E-state index is 9.53. The molecule has 2 unspecified atom stereocenters. The standard InChI is InChI=1S/C13H19N3O/c1-4-16(9-10(2)8-14)13-7-12(11(3)17)5-6-15-13/h5-7,10-11,17H,4,9H2,1-3H3. The summed E-state index contributed by atoms with van der Waals surface area (Å²) in [6.45, 7) is 7.10. The molecular formula is C13H19N3O. The summed E-state index contributed by atoms with van der Waals surface area (Å²) in [5.41, 5.74) is 0.845. The maximum absolute atomic E-state index is 9.53. The third kappa shape index (κ3) is 3.72. The summed E-state index contributed by atoms with van der Waals surface area (Å²) in [4.78, 5) is 6.33. The van der Waals surface area contributed by atoms with Crippen molar-refractivity contribution in [2.45, 2.75) is 26.9 Å². The average molecular weight is 233 g/mol. The van der Waals surface area contributed by atoms with Gasteiger partial charge in [-0.3, -0.25) is 0 Å². The second-order valence-electron chi connectivity index (χ2n) is 4.19. The van der Waals surface area contributed by atoms with Gasteiger partial charge in [0.2, 0.25) is 0 Å². The van der Waals surface area contributed by atoms with E-state index in [9.17, 15) is 5.11 Å². The Kier molecular flexibility index (Phi) is 4.92. The van der Waals surface area contributed by atoms with Crippen LogP contribution in [0.3, 0.4) is 0 Å². The zero-order valence-corrected chi connectivity index (χ0v) is 10.6. The van der Waals surface area contributed by atoms with Crippen LogP contribution in [0.25, 0.3) is 0 Å². The van der Waals surface area contributed by atoms with E-state index >= 15 is 0 Å². The Balaban J connectivity index is 2.88. The van der Waals surface area contributed by atoms with Gasteiger partial charge in [0, 0.05) is 19.3 Å². The zero-order valence-electron chi connectivity index (χ0n) is 10.6. The van der Waals surface area contributed by atoms with Gasteiger partial charge in [-0.05, 0) is 38.5 Å². The van der Waals surface area contributed by atoms with Crippen molar-refractivity contribution in [1.29, 1.82) is 5.26 Å². The molecular weight excluding hydrogens is 214 g/mol. The van der Waals surface area contributed by atoms with E-state index < -0.39 is 6.10 Å². The molecule has 0 amide bonds. The van der Waals surface area contributed by atoms with Crippen molar-refractivity contribution in [2.24, 2.45) is 5.92 Å². The van der Waals surface area contributed by atoms with Crippen molar-refractivity contribution in [3.8, 4) is 6.07 Å². The lowest BCUT2D eigenvalue weighted by Crippen LogP contribution is -2.28. The van der Waals surface area contributed by atoms with Crippen LogP contribution in [0, 0.1) is 17.2 Å². The Bertz CT molecular complexity index is 398. The number of hydrogen-bond acceptors (Lipinski definition) is 4. The highest BCUT2D eigenvalue weighted by molar-refractivity contribution is 5.41. The summed E-state index contributed by atoms with van der Waals surface area (Å²) < 4.78 is 0. The molecule has 0 aromatic carbocycles. The monoisotopic (exact) mass is 233 g/mol. The van der Waals surface area contributed by atoms with Crippen molar-refractivity contribution in [1.82, 2.24) is 4.98 Å². The third-order valence-corrected chi connectivity index (χ3v) is 2.67. The van der Waals surface area contributed by atoms with Crippen LogP contribution in [0.15, 0.2) is 18.3 Å². The smallest absolute Gasteiger partial charge is 0.128 e. The molecule has 0 spiro atoms. The molecule has 4 heteroatoms. The fraction of sp³-hybridized carbons (Fsp3) is 0.538. The van der Waals surface area contributed by atoms with E-state index in [0.717, 1.165) is 17.9 Å². The highest BCUT2D eigenvalue weighted by Crippen LogP contribution is 2.18. The number of aromatic nitrogens is 1. The summed E-state index contributed by atoms with van der Waals surface area (Å²) in [6.07, 6.45) is 1.20. The molecule has 1 heterocycles. The second kappa shape index (κ2) is 6.21. The Labute approximate surface area is 103 Å². The summed E-state index contributed by atoms with van der Waals surface area (Å²) in [6, 6.07) is 5.89. The van der Waals surface area contributed by atoms with Crippen molar-refractivity contribution in [3.05, 3.63) is 23.9 Å². The number of pyridine rings is 1. The van der Waals surface area contributed by atoms with E-state index in [1.165, 1.54) is 0 Å². The first-order chi connectivity index (χ1) is 8.08. The van der Waals surface area contributed by atoms with Gasteiger partial charge in [-0.25, -0.2) is 4.98 Å². The zero-order chi connectivity index (χ0) is 12.8. The van der Waals surface area contributed by atoms with Crippen LogP contribution in [0.2, 0.25) is 0 Å². The van der Waals surface area contributed by atoms with E-state index in [-0.39, 0.29) is 5.92 Å². The lowest BCUT2D eigenvalue weighted by Gasteiger charge is -2.23. The van der Waals surface area contributed by atoms with Gasteiger partial charge in [-0.1, -0.05) is 0 Å². The van der Waals surface area contributed by atoms with E-state index in [2.05, 4.69) is 11.1 Å². The first kappa shape index (κ1) is 13.5. The molecule has 1 aromatic rings. The molecule has 1 N–H and O–H groups in total. The molecule has 0 bridgehead atoms. The minimum Gasteiger partial charge on any atom is -0.389 e. The summed E-state index contributed by atoms with van der Waals surface area (Å²) in [5.74, 6) is 0.778. The molecule has 0 saturated heterocycles. The molecule has 1 aromatic heterocycles. The first-order valence-electron chi connectivity index (χ1n) is 5.87. The molecule has 0 radical (unpaired) electrons. The molecule has 17 heavy (non-hydrogen) atoms. The lowest BCUT2D eigenvalue weighted by atomic mass is 10.1. The Hall–Kier alpha value is -1.60. The summed E-state index contributed by atoms with van der Waals surface area (Å²) >= 11 is 0. The quantitative estimate of drug-likeness (QED) is 0.846. The molecule has 92 valence electrons. The Morgan fingerprint density at radius 3 is 2.76 bits per heavy atom. The second-order valence-corrected chi connectivity index (χ2v) is 4.19. The summed E-state index contributed by atoms with van der Waals surface area (Å²) in [7, 11) is 0. The Morgan fingerprint density at radius 2 is 2.24 bits per heavy atom. The van der Waals surface area contributed by atoms with Crippen molar-refractivity contribution < 1.29 is 5.11 Å². The van der Waals surface area contributed by atoms with E-state index in [0.29, 0.717) is 6.54 Å². The predicted octanol–water partition coefficient (Wildman–Crippen LogP) is 2.12. The minimum absolute atomic E-state index is 0.0352. The number of rotatable bonds is 5. The fourth-order valence-corrected chi connectivity index (χ4v) is 1.62. The molecule has 0 saturated carbocycles. The molecule has 0 aliphatic rings. The number of nitrogens with zero attached hydrogens (tertiary/aromatic N) is 3. The predicted molar refractivity (Wildman–Crippen MR) is 67.5 cm³/mol. The highest BCUT2D eigenvalue weighted by Gasteiger charge is 2.11. The minimum atomic E-state index is -0.496. The maximum Gasteiger partial charge on any atom is 0.128 e. The van der Waals surface area contributed by atoms with Crippen molar-refractivity contribution in [3.63, 3.8) is 0 Å².